The van der Waals surface area contributed by atoms with Crippen molar-refractivity contribution in [3.63, 3.8) is 0 Å². The van der Waals surface area contributed by atoms with Crippen molar-refractivity contribution in [1.29, 1.82) is 0 Å². The Morgan fingerprint density at radius 3 is 2.87 bits per heavy atom. The van der Waals surface area contributed by atoms with Crippen LogP contribution in [0, 0.1) is 0 Å². The smallest absolute Gasteiger partial charge is 0.241 e. The molecule has 0 radical (unpaired) electrons. The van der Waals surface area contributed by atoms with Gasteiger partial charge in [-0.05, 0) is 24.6 Å². The fourth-order valence-corrected chi connectivity index (χ4v) is 1.99. The molecule has 3 N–H and O–H groups in total. The fraction of sp³-hybridized carbons (Fsp3) is 0.294. The lowest BCUT2D eigenvalue weighted by Gasteiger charge is -2.12. The van der Waals surface area contributed by atoms with Crippen LogP contribution in [0.1, 0.15) is 25.3 Å². The van der Waals surface area contributed by atoms with Gasteiger partial charge in [0.15, 0.2) is 0 Å². The number of nitrogens with one attached hydrogen (secondary N) is 1. The number of carbonyl (C=O) groups excluding carboxylic acids is 1. The second-order valence-electron chi connectivity index (χ2n) is 5.06. The Labute approximate surface area is 142 Å². The summed E-state index contributed by atoms with van der Waals surface area (Å²) in [7, 11) is 0. The van der Waals surface area contributed by atoms with E-state index in [1.807, 2.05) is 37.3 Å². The molecule has 1 unspecified atom stereocenters. The van der Waals surface area contributed by atoms with E-state index in [0.29, 0.717) is 24.5 Å². The monoisotopic (exact) mass is 335 g/mol. The number of hydrogen-bond donors (Lipinski definition) is 2. The summed E-state index contributed by atoms with van der Waals surface area (Å²) in [4.78, 5) is 15.9. The number of halogens is 1. The maximum Gasteiger partial charge on any atom is 0.241 e. The molecule has 0 bridgehead atoms. The molecule has 0 saturated heterocycles. The quantitative estimate of drug-likeness (QED) is 0.814. The van der Waals surface area contributed by atoms with Crippen LogP contribution >= 0.6 is 12.4 Å². The lowest BCUT2D eigenvalue weighted by atomic mass is 10.1. The zero-order valence-corrected chi connectivity index (χ0v) is 13.9. The van der Waals surface area contributed by atoms with Crippen molar-refractivity contribution in [1.82, 2.24) is 4.98 Å². The Morgan fingerprint density at radius 1 is 1.35 bits per heavy atom. The van der Waals surface area contributed by atoms with Gasteiger partial charge in [-0.1, -0.05) is 25.5 Å². The van der Waals surface area contributed by atoms with E-state index in [2.05, 4.69) is 10.3 Å². The van der Waals surface area contributed by atoms with Crippen molar-refractivity contribution in [3.8, 4) is 5.75 Å². The first-order valence-corrected chi connectivity index (χ1v) is 7.37. The third kappa shape index (κ3) is 6.26. The lowest BCUT2D eigenvalue weighted by molar-refractivity contribution is -0.117. The molecule has 5 nitrogen and oxygen atoms in total. The second-order valence-corrected chi connectivity index (χ2v) is 5.06. The van der Waals surface area contributed by atoms with E-state index >= 15 is 0 Å². The highest BCUT2D eigenvalue weighted by molar-refractivity contribution is 5.94. The van der Waals surface area contributed by atoms with Crippen molar-refractivity contribution in [2.45, 2.75) is 32.4 Å². The maximum absolute atomic E-state index is 11.9. The molecule has 0 fully saturated rings. The Kier molecular flexibility index (Phi) is 8.08. The van der Waals surface area contributed by atoms with Crippen LogP contribution in [0.5, 0.6) is 5.75 Å². The van der Waals surface area contributed by atoms with Crippen LogP contribution in [0.3, 0.4) is 0 Å². The van der Waals surface area contributed by atoms with Crippen molar-refractivity contribution in [2.24, 2.45) is 5.73 Å². The molecule has 2 aromatic rings. The minimum atomic E-state index is -0.482. The minimum absolute atomic E-state index is 0. The first-order valence-electron chi connectivity index (χ1n) is 7.37. The first-order chi connectivity index (χ1) is 10.7. The fourth-order valence-electron chi connectivity index (χ4n) is 1.99. The molecule has 0 saturated carbocycles. The second kappa shape index (κ2) is 9.82. The molecule has 0 aliphatic rings. The molecule has 23 heavy (non-hydrogen) atoms. The van der Waals surface area contributed by atoms with Gasteiger partial charge in [0.25, 0.3) is 0 Å². The van der Waals surface area contributed by atoms with Gasteiger partial charge in [-0.15, -0.1) is 12.4 Å². The lowest BCUT2D eigenvalue weighted by Crippen LogP contribution is -2.35. The molecular formula is C17H22ClN3O2. The van der Waals surface area contributed by atoms with Gasteiger partial charge in [-0.25, -0.2) is 0 Å². The SMILES string of the molecule is CCCC(N)C(=O)Nc1cccc(OCc2cccnc2)c1.Cl. The highest BCUT2D eigenvalue weighted by Gasteiger charge is 2.12. The van der Waals surface area contributed by atoms with Crippen LogP contribution in [0.15, 0.2) is 48.8 Å². The zero-order chi connectivity index (χ0) is 15.8. The summed E-state index contributed by atoms with van der Waals surface area (Å²) in [6, 6.07) is 10.6. The van der Waals surface area contributed by atoms with E-state index in [1.165, 1.54) is 0 Å². The Hall–Kier alpha value is -2.11. The molecule has 6 heteroatoms. The average molecular weight is 336 g/mol. The van der Waals surface area contributed by atoms with Crippen LogP contribution < -0.4 is 15.8 Å². The van der Waals surface area contributed by atoms with Gasteiger partial charge in [0.1, 0.15) is 12.4 Å². The van der Waals surface area contributed by atoms with Gasteiger partial charge >= 0.3 is 0 Å². The standard InChI is InChI=1S/C17H21N3O2.ClH/c1-2-5-16(18)17(21)20-14-7-3-8-15(10-14)22-12-13-6-4-9-19-11-13;/h3-4,6-11,16H,2,5,12,18H2,1H3,(H,20,21);1H. The summed E-state index contributed by atoms with van der Waals surface area (Å²) in [6.07, 6.45) is 5.03. The molecule has 1 heterocycles. The number of hydrogen-bond acceptors (Lipinski definition) is 4. The first kappa shape index (κ1) is 18.9. The van der Waals surface area contributed by atoms with Gasteiger partial charge < -0.3 is 15.8 Å². The largest absolute Gasteiger partial charge is 0.489 e. The molecule has 0 spiro atoms. The molecule has 0 aliphatic heterocycles. The van der Waals surface area contributed by atoms with Gasteiger partial charge in [0.2, 0.25) is 5.91 Å². The third-order valence-electron chi connectivity index (χ3n) is 3.17. The molecule has 1 amide bonds. The molecule has 1 aromatic carbocycles. The van der Waals surface area contributed by atoms with Crippen molar-refractivity contribution in [2.75, 3.05) is 5.32 Å². The van der Waals surface area contributed by atoms with Crippen LogP contribution in [0.2, 0.25) is 0 Å². The summed E-state index contributed by atoms with van der Waals surface area (Å²) in [5.74, 6) is 0.511. The van der Waals surface area contributed by atoms with Crippen molar-refractivity contribution < 1.29 is 9.53 Å². The van der Waals surface area contributed by atoms with Crippen molar-refractivity contribution >= 4 is 24.0 Å². The average Bonchev–Trinajstić information content (AvgIpc) is 2.54. The predicted molar refractivity (Wildman–Crippen MR) is 93.8 cm³/mol. The predicted octanol–water partition coefficient (Wildman–Crippen LogP) is 3.15. The highest BCUT2D eigenvalue weighted by atomic mass is 35.5. The number of aromatic nitrogens is 1. The van der Waals surface area contributed by atoms with Gasteiger partial charge in [-0.3, -0.25) is 9.78 Å². The van der Waals surface area contributed by atoms with E-state index in [4.69, 9.17) is 10.5 Å². The van der Waals surface area contributed by atoms with E-state index in [9.17, 15) is 4.79 Å². The zero-order valence-electron chi connectivity index (χ0n) is 13.1. The number of anilines is 1. The van der Waals surface area contributed by atoms with E-state index in [0.717, 1.165) is 12.0 Å². The summed E-state index contributed by atoms with van der Waals surface area (Å²) in [6.45, 7) is 2.43. The van der Waals surface area contributed by atoms with E-state index < -0.39 is 6.04 Å². The Morgan fingerprint density at radius 2 is 2.17 bits per heavy atom. The maximum atomic E-state index is 11.9. The molecule has 124 valence electrons. The molecule has 2 rings (SSSR count). The van der Waals surface area contributed by atoms with E-state index in [1.54, 1.807) is 18.5 Å². The highest BCUT2D eigenvalue weighted by Crippen LogP contribution is 2.18. The summed E-state index contributed by atoms with van der Waals surface area (Å²) in [5, 5.41) is 2.81. The van der Waals surface area contributed by atoms with Gasteiger partial charge in [0, 0.05) is 29.7 Å². The molecule has 1 aromatic heterocycles. The molecule has 0 aliphatic carbocycles. The summed E-state index contributed by atoms with van der Waals surface area (Å²) < 4.78 is 5.70. The van der Waals surface area contributed by atoms with Crippen LogP contribution in [-0.4, -0.2) is 16.9 Å². The summed E-state index contributed by atoms with van der Waals surface area (Å²) >= 11 is 0. The molecule has 1 atom stereocenters. The number of pyridine rings is 1. The van der Waals surface area contributed by atoms with Crippen molar-refractivity contribution in [3.05, 3.63) is 54.4 Å². The normalized spacial score (nSPS) is 11.2. The van der Waals surface area contributed by atoms with Gasteiger partial charge in [-0.2, -0.15) is 0 Å². The topological polar surface area (TPSA) is 77.2 Å². The Bertz CT molecular complexity index is 608. The number of amides is 1. The van der Waals surface area contributed by atoms with Crippen LogP contribution in [-0.2, 0) is 11.4 Å². The minimum Gasteiger partial charge on any atom is -0.489 e. The summed E-state index contributed by atoms with van der Waals surface area (Å²) in [5.41, 5.74) is 7.47. The number of benzene rings is 1. The number of carbonyl (C=O) groups is 1. The number of ether oxygens (including phenoxy) is 1. The number of nitrogens with zero attached hydrogens (tertiary/aromatic N) is 1. The third-order valence-corrected chi connectivity index (χ3v) is 3.17. The molecular weight excluding hydrogens is 314 g/mol. The van der Waals surface area contributed by atoms with Crippen LogP contribution in [0.25, 0.3) is 0 Å². The number of rotatable bonds is 7. The van der Waals surface area contributed by atoms with Gasteiger partial charge in [0.05, 0.1) is 6.04 Å². The van der Waals surface area contributed by atoms with Crippen LogP contribution in [0.4, 0.5) is 5.69 Å². The number of nitrogens with two attached hydrogens (primary N) is 1. The van der Waals surface area contributed by atoms with E-state index in [-0.39, 0.29) is 18.3 Å². The Balaban J connectivity index is 0.00000264.